The van der Waals surface area contributed by atoms with Gasteiger partial charge in [-0.05, 0) is 12.1 Å². The van der Waals surface area contributed by atoms with Crippen molar-refractivity contribution in [3.63, 3.8) is 0 Å². The third-order valence-electron chi connectivity index (χ3n) is 3.39. The van der Waals surface area contributed by atoms with Gasteiger partial charge in [-0.2, -0.15) is 13.2 Å². The lowest BCUT2D eigenvalue weighted by Crippen LogP contribution is -2.44. The number of alkyl halides is 3. The van der Waals surface area contributed by atoms with Gasteiger partial charge in [0.2, 0.25) is 17.7 Å². The van der Waals surface area contributed by atoms with Crippen molar-refractivity contribution in [3.8, 4) is 0 Å². The van der Waals surface area contributed by atoms with Gasteiger partial charge < -0.3 is 15.5 Å². The Bertz CT molecular complexity index is 682. The molecule has 1 aromatic carbocycles. The van der Waals surface area contributed by atoms with Gasteiger partial charge in [-0.3, -0.25) is 14.4 Å². The molecule has 26 heavy (non-hydrogen) atoms. The highest BCUT2D eigenvalue weighted by Crippen LogP contribution is 2.34. The van der Waals surface area contributed by atoms with E-state index in [0.29, 0.717) is 0 Å². The van der Waals surface area contributed by atoms with Crippen LogP contribution in [0.2, 0.25) is 0 Å². The van der Waals surface area contributed by atoms with Crippen molar-refractivity contribution < 1.29 is 27.6 Å². The summed E-state index contributed by atoms with van der Waals surface area (Å²) in [5.74, 6) is -1.65. The monoisotopic (exact) mass is 373 g/mol. The number of nitrogens with zero attached hydrogens (tertiary/aromatic N) is 1. The van der Waals surface area contributed by atoms with Gasteiger partial charge in [0.05, 0.1) is 24.3 Å². The van der Waals surface area contributed by atoms with Crippen molar-refractivity contribution in [3.05, 3.63) is 29.8 Å². The summed E-state index contributed by atoms with van der Waals surface area (Å²) in [6, 6.07) is 4.56. The number of carbonyl (C=O) groups is 3. The number of carbonyl (C=O) groups excluding carboxylic acids is 3. The van der Waals surface area contributed by atoms with E-state index in [0.717, 1.165) is 17.0 Å². The van der Waals surface area contributed by atoms with Crippen LogP contribution in [0.4, 0.5) is 18.9 Å². The molecule has 9 heteroatoms. The molecule has 0 fully saturated rings. The largest absolute Gasteiger partial charge is 0.418 e. The van der Waals surface area contributed by atoms with Crippen LogP contribution in [0.25, 0.3) is 0 Å². The number of anilines is 1. The molecule has 0 aromatic heterocycles. The first-order valence-corrected chi connectivity index (χ1v) is 7.80. The Hall–Kier alpha value is -2.58. The number of benzene rings is 1. The second-order valence-corrected chi connectivity index (χ2v) is 6.77. The fraction of sp³-hybridized carbons (Fsp3) is 0.471. The Balaban J connectivity index is 2.63. The number of likely N-dealkylation sites (N-methyl/N-ethyl adjacent to an activating group) is 1. The predicted octanol–water partition coefficient (Wildman–Crippen LogP) is 2.26. The van der Waals surface area contributed by atoms with E-state index in [-0.39, 0.29) is 18.1 Å². The summed E-state index contributed by atoms with van der Waals surface area (Å²) in [7, 11) is 1.32. The van der Waals surface area contributed by atoms with Crippen molar-refractivity contribution in [2.45, 2.75) is 26.9 Å². The smallest absolute Gasteiger partial charge is 0.347 e. The molecule has 2 N–H and O–H groups in total. The zero-order chi connectivity index (χ0) is 20.1. The number of hydrogen-bond acceptors (Lipinski definition) is 3. The van der Waals surface area contributed by atoms with E-state index < -0.39 is 35.5 Å². The predicted molar refractivity (Wildman–Crippen MR) is 90.2 cm³/mol. The fourth-order valence-electron chi connectivity index (χ4n) is 1.89. The Morgan fingerprint density at radius 1 is 1.08 bits per heavy atom. The SMILES string of the molecule is CN(CC(=O)Nc1ccccc1C(F)(F)F)C(=O)CNC(=O)C(C)(C)C. The van der Waals surface area contributed by atoms with Gasteiger partial charge in [0.25, 0.3) is 0 Å². The van der Waals surface area contributed by atoms with Crippen LogP contribution in [-0.4, -0.2) is 42.8 Å². The van der Waals surface area contributed by atoms with E-state index >= 15 is 0 Å². The Morgan fingerprint density at radius 3 is 2.19 bits per heavy atom. The molecule has 3 amide bonds. The standard InChI is InChI=1S/C17H22F3N3O3/c1-16(2,3)15(26)21-9-14(25)23(4)10-13(24)22-12-8-6-5-7-11(12)17(18,19)20/h5-8H,9-10H2,1-4H3,(H,21,26)(H,22,24). The number of amides is 3. The van der Waals surface area contributed by atoms with Crippen LogP contribution in [0.5, 0.6) is 0 Å². The molecule has 0 unspecified atom stereocenters. The Kier molecular flexibility index (Phi) is 6.77. The average Bonchev–Trinajstić information content (AvgIpc) is 2.50. The molecule has 6 nitrogen and oxygen atoms in total. The van der Waals surface area contributed by atoms with Crippen molar-refractivity contribution >= 4 is 23.4 Å². The van der Waals surface area contributed by atoms with Gasteiger partial charge in [0, 0.05) is 12.5 Å². The van der Waals surface area contributed by atoms with Crippen molar-refractivity contribution in [2.24, 2.45) is 5.41 Å². The molecular weight excluding hydrogens is 351 g/mol. The van der Waals surface area contributed by atoms with Crippen LogP contribution in [0.15, 0.2) is 24.3 Å². The molecule has 0 spiro atoms. The van der Waals surface area contributed by atoms with E-state index in [2.05, 4.69) is 10.6 Å². The molecule has 0 aliphatic carbocycles. The minimum Gasteiger partial charge on any atom is -0.347 e. The summed E-state index contributed by atoms with van der Waals surface area (Å²) in [5, 5.41) is 4.60. The third kappa shape index (κ3) is 6.38. The lowest BCUT2D eigenvalue weighted by molar-refractivity contribution is -0.137. The number of rotatable bonds is 5. The van der Waals surface area contributed by atoms with E-state index in [4.69, 9.17) is 0 Å². The summed E-state index contributed by atoms with van der Waals surface area (Å²) in [4.78, 5) is 36.6. The van der Waals surface area contributed by atoms with E-state index in [1.165, 1.54) is 19.2 Å². The molecule has 144 valence electrons. The lowest BCUT2D eigenvalue weighted by Gasteiger charge is -2.21. The Labute approximate surface area is 149 Å². The second kappa shape index (κ2) is 8.20. The summed E-state index contributed by atoms with van der Waals surface area (Å²) >= 11 is 0. The van der Waals surface area contributed by atoms with Crippen LogP contribution in [0, 0.1) is 5.41 Å². The van der Waals surface area contributed by atoms with Gasteiger partial charge in [-0.15, -0.1) is 0 Å². The van der Waals surface area contributed by atoms with Crippen LogP contribution in [0.3, 0.4) is 0 Å². The fourth-order valence-corrected chi connectivity index (χ4v) is 1.89. The highest BCUT2D eigenvalue weighted by molar-refractivity contribution is 5.96. The molecule has 0 saturated carbocycles. The lowest BCUT2D eigenvalue weighted by atomic mass is 9.96. The van der Waals surface area contributed by atoms with Gasteiger partial charge >= 0.3 is 6.18 Å². The minimum absolute atomic E-state index is 0.307. The van der Waals surface area contributed by atoms with Crippen LogP contribution in [0.1, 0.15) is 26.3 Å². The summed E-state index contributed by atoms with van der Waals surface area (Å²) in [5.41, 5.74) is -2.02. The molecule has 0 heterocycles. The van der Waals surface area contributed by atoms with E-state index in [1.54, 1.807) is 20.8 Å². The highest BCUT2D eigenvalue weighted by atomic mass is 19.4. The van der Waals surface area contributed by atoms with E-state index in [1.807, 2.05) is 0 Å². The van der Waals surface area contributed by atoms with Crippen molar-refractivity contribution in [1.82, 2.24) is 10.2 Å². The van der Waals surface area contributed by atoms with Gasteiger partial charge in [-0.1, -0.05) is 32.9 Å². The zero-order valence-electron chi connectivity index (χ0n) is 15.0. The Morgan fingerprint density at radius 2 is 1.65 bits per heavy atom. The van der Waals surface area contributed by atoms with E-state index in [9.17, 15) is 27.6 Å². The highest BCUT2D eigenvalue weighted by Gasteiger charge is 2.33. The summed E-state index contributed by atoms with van der Waals surface area (Å²) in [6.07, 6.45) is -4.61. The summed E-state index contributed by atoms with van der Waals surface area (Å²) < 4.78 is 38.7. The molecule has 0 saturated heterocycles. The first kappa shape index (κ1) is 21.5. The topological polar surface area (TPSA) is 78.5 Å². The summed E-state index contributed by atoms with van der Waals surface area (Å²) in [6.45, 7) is 4.29. The van der Waals surface area contributed by atoms with Crippen LogP contribution in [-0.2, 0) is 20.6 Å². The molecule has 1 rings (SSSR count). The molecule has 0 bridgehead atoms. The maximum Gasteiger partial charge on any atom is 0.418 e. The number of halogens is 3. The molecule has 0 atom stereocenters. The molecule has 0 aliphatic heterocycles. The van der Waals surface area contributed by atoms with Crippen LogP contribution < -0.4 is 10.6 Å². The van der Waals surface area contributed by atoms with Gasteiger partial charge in [-0.25, -0.2) is 0 Å². The number of para-hydroxylation sites is 1. The first-order valence-electron chi connectivity index (χ1n) is 7.80. The second-order valence-electron chi connectivity index (χ2n) is 6.77. The van der Waals surface area contributed by atoms with Crippen LogP contribution >= 0.6 is 0 Å². The first-order chi connectivity index (χ1) is 11.8. The number of nitrogens with one attached hydrogen (secondary N) is 2. The maximum absolute atomic E-state index is 12.9. The average molecular weight is 373 g/mol. The normalized spacial score (nSPS) is 11.7. The molecule has 0 radical (unpaired) electrons. The molecular formula is C17H22F3N3O3. The van der Waals surface area contributed by atoms with Crippen molar-refractivity contribution in [1.29, 1.82) is 0 Å². The van der Waals surface area contributed by atoms with Gasteiger partial charge in [0.15, 0.2) is 0 Å². The van der Waals surface area contributed by atoms with Gasteiger partial charge in [0.1, 0.15) is 0 Å². The zero-order valence-corrected chi connectivity index (χ0v) is 15.0. The maximum atomic E-state index is 12.9. The number of hydrogen-bond donors (Lipinski definition) is 2. The quantitative estimate of drug-likeness (QED) is 0.831. The molecule has 1 aromatic rings. The third-order valence-corrected chi connectivity index (χ3v) is 3.39. The van der Waals surface area contributed by atoms with Crippen molar-refractivity contribution in [2.75, 3.05) is 25.5 Å². The molecule has 0 aliphatic rings. The minimum atomic E-state index is -4.61.